The summed E-state index contributed by atoms with van der Waals surface area (Å²) in [5.74, 6) is 0.808. The molecule has 1 N–H and O–H groups in total. The molecule has 24 heavy (non-hydrogen) atoms. The van der Waals surface area contributed by atoms with E-state index in [4.69, 9.17) is 4.74 Å². The van der Waals surface area contributed by atoms with Crippen molar-refractivity contribution in [1.82, 2.24) is 14.9 Å². The second-order valence-electron chi connectivity index (χ2n) is 6.09. The molecule has 0 radical (unpaired) electrons. The van der Waals surface area contributed by atoms with Gasteiger partial charge in [0.15, 0.2) is 5.16 Å². The normalized spacial score (nSPS) is 14.6. The number of nitrogens with zero attached hydrogens (tertiary/aromatic N) is 2. The van der Waals surface area contributed by atoms with E-state index in [9.17, 15) is 4.79 Å². The van der Waals surface area contributed by atoms with E-state index in [0.717, 1.165) is 36.5 Å². The number of hydrogen-bond donors (Lipinski definition) is 1. The van der Waals surface area contributed by atoms with Crippen LogP contribution in [0.25, 0.3) is 0 Å². The first-order valence-corrected chi connectivity index (χ1v) is 9.16. The topological polar surface area (TPSA) is 58.2 Å². The summed E-state index contributed by atoms with van der Waals surface area (Å²) in [6.45, 7) is 5.19. The van der Waals surface area contributed by atoms with Crippen LogP contribution in [0.4, 0.5) is 0 Å². The van der Waals surface area contributed by atoms with E-state index in [-0.39, 0.29) is 5.56 Å². The zero-order valence-corrected chi connectivity index (χ0v) is 15.0. The number of nitrogens with one attached hydrogen (secondary N) is 1. The predicted octanol–water partition coefficient (Wildman–Crippen LogP) is 2.38. The van der Waals surface area contributed by atoms with E-state index in [1.165, 1.54) is 11.1 Å². The summed E-state index contributed by atoms with van der Waals surface area (Å²) in [7, 11) is 1.70. The molecule has 0 atom stereocenters. The van der Waals surface area contributed by atoms with Gasteiger partial charge in [0.2, 0.25) is 0 Å². The number of ether oxygens (including phenoxy) is 1. The minimum absolute atomic E-state index is 0.00600. The van der Waals surface area contributed by atoms with Gasteiger partial charge in [-0.2, -0.15) is 0 Å². The summed E-state index contributed by atoms with van der Waals surface area (Å²) < 4.78 is 5.12. The lowest BCUT2D eigenvalue weighted by atomic mass is 10.1. The molecule has 0 bridgehead atoms. The van der Waals surface area contributed by atoms with Crippen molar-refractivity contribution in [2.24, 2.45) is 0 Å². The Kier molecular flexibility index (Phi) is 5.71. The van der Waals surface area contributed by atoms with Crippen LogP contribution in [-0.2, 0) is 23.5 Å². The largest absolute Gasteiger partial charge is 0.383 e. The van der Waals surface area contributed by atoms with Crippen molar-refractivity contribution in [3.63, 3.8) is 0 Å². The third-order valence-corrected chi connectivity index (χ3v) is 5.18. The summed E-state index contributed by atoms with van der Waals surface area (Å²) in [5, 5.41) is 0.713. The number of benzene rings is 1. The van der Waals surface area contributed by atoms with Crippen molar-refractivity contribution in [3.05, 3.63) is 57.0 Å². The van der Waals surface area contributed by atoms with Crippen LogP contribution in [0.5, 0.6) is 0 Å². The molecule has 1 aromatic carbocycles. The van der Waals surface area contributed by atoms with Crippen molar-refractivity contribution < 1.29 is 4.74 Å². The van der Waals surface area contributed by atoms with Crippen LogP contribution in [-0.4, -0.2) is 41.7 Å². The van der Waals surface area contributed by atoms with E-state index in [1.54, 1.807) is 18.9 Å². The molecular weight excluding hydrogens is 322 g/mol. The Hall–Kier alpha value is -1.63. The third-order valence-electron chi connectivity index (χ3n) is 4.23. The van der Waals surface area contributed by atoms with Gasteiger partial charge in [0.25, 0.3) is 5.56 Å². The quantitative estimate of drug-likeness (QED) is 0.643. The fraction of sp³-hybridized carbons (Fsp3) is 0.444. The molecule has 3 rings (SSSR count). The van der Waals surface area contributed by atoms with Gasteiger partial charge in [-0.1, -0.05) is 41.6 Å². The molecule has 0 unspecified atom stereocenters. The molecule has 0 aliphatic carbocycles. The molecule has 0 spiro atoms. The van der Waals surface area contributed by atoms with Gasteiger partial charge < -0.3 is 9.72 Å². The highest BCUT2D eigenvalue weighted by Crippen LogP contribution is 2.21. The van der Waals surface area contributed by atoms with Gasteiger partial charge in [-0.15, -0.1) is 0 Å². The van der Waals surface area contributed by atoms with Crippen molar-refractivity contribution in [1.29, 1.82) is 0 Å². The fourth-order valence-corrected chi connectivity index (χ4v) is 3.61. The molecule has 1 aromatic heterocycles. The number of thioether (sulfide) groups is 1. The minimum atomic E-state index is -0.00600. The van der Waals surface area contributed by atoms with Crippen LogP contribution in [0.15, 0.2) is 34.2 Å². The molecule has 128 valence electrons. The van der Waals surface area contributed by atoms with Crippen LogP contribution in [0, 0.1) is 6.92 Å². The lowest BCUT2D eigenvalue weighted by Gasteiger charge is -2.27. The fourth-order valence-electron chi connectivity index (χ4n) is 2.77. The Morgan fingerprint density at radius 1 is 1.33 bits per heavy atom. The summed E-state index contributed by atoms with van der Waals surface area (Å²) in [4.78, 5) is 22.2. The lowest BCUT2D eigenvalue weighted by molar-refractivity contribution is 0.139. The Bertz CT molecular complexity index is 743. The van der Waals surface area contributed by atoms with E-state index < -0.39 is 0 Å². The lowest BCUT2D eigenvalue weighted by Crippen LogP contribution is -2.37. The highest BCUT2D eigenvalue weighted by Gasteiger charge is 2.20. The molecule has 1 aliphatic rings. The van der Waals surface area contributed by atoms with E-state index in [2.05, 4.69) is 46.1 Å². The molecule has 0 fully saturated rings. The van der Waals surface area contributed by atoms with Crippen molar-refractivity contribution in [3.8, 4) is 0 Å². The van der Waals surface area contributed by atoms with Gasteiger partial charge in [0.1, 0.15) is 0 Å². The number of rotatable bonds is 6. The second-order valence-corrected chi connectivity index (χ2v) is 7.05. The van der Waals surface area contributed by atoms with Crippen LogP contribution in [0.3, 0.4) is 0 Å². The van der Waals surface area contributed by atoms with Crippen molar-refractivity contribution in [2.75, 3.05) is 26.8 Å². The molecule has 0 saturated carbocycles. The zero-order valence-electron chi connectivity index (χ0n) is 14.2. The van der Waals surface area contributed by atoms with Gasteiger partial charge >= 0.3 is 0 Å². The van der Waals surface area contributed by atoms with Crippen LogP contribution >= 0.6 is 11.8 Å². The zero-order chi connectivity index (χ0) is 16.9. The van der Waals surface area contributed by atoms with E-state index in [1.807, 2.05) is 0 Å². The van der Waals surface area contributed by atoms with Gasteiger partial charge in [-0.3, -0.25) is 9.69 Å². The number of aryl methyl sites for hydroxylation is 1. The minimum Gasteiger partial charge on any atom is -0.383 e. The summed E-state index contributed by atoms with van der Waals surface area (Å²) in [6.07, 6.45) is 0.820. The van der Waals surface area contributed by atoms with Gasteiger partial charge in [0.05, 0.1) is 17.9 Å². The maximum absolute atomic E-state index is 12.4. The average Bonchev–Trinajstić information content (AvgIpc) is 2.60. The number of methoxy groups -OCH3 is 1. The van der Waals surface area contributed by atoms with Crippen LogP contribution < -0.4 is 5.56 Å². The van der Waals surface area contributed by atoms with Crippen LogP contribution in [0.1, 0.15) is 22.4 Å². The van der Waals surface area contributed by atoms with Crippen LogP contribution in [0.2, 0.25) is 0 Å². The molecular formula is C18H23N3O2S. The second kappa shape index (κ2) is 7.96. The first kappa shape index (κ1) is 17.2. The molecule has 5 nitrogen and oxygen atoms in total. The third kappa shape index (κ3) is 4.26. The number of H-pyrrole nitrogens is 1. The maximum atomic E-state index is 12.4. The molecule has 1 aliphatic heterocycles. The monoisotopic (exact) mass is 345 g/mol. The maximum Gasteiger partial charge on any atom is 0.256 e. The average molecular weight is 345 g/mol. The summed E-state index contributed by atoms with van der Waals surface area (Å²) in [5.41, 5.74) is 4.23. The summed E-state index contributed by atoms with van der Waals surface area (Å²) in [6, 6.07) is 8.44. The van der Waals surface area contributed by atoms with Gasteiger partial charge in [-0.05, 0) is 12.5 Å². The predicted molar refractivity (Wildman–Crippen MR) is 96.5 cm³/mol. The Labute approximate surface area is 146 Å². The number of aromatic amines is 1. The van der Waals surface area contributed by atoms with E-state index in [0.29, 0.717) is 18.3 Å². The smallest absolute Gasteiger partial charge is 0.256 e. The van der Waals surface area contributed by atoms with Gasteiger partial charge in [0, 0.05) is 38.9 Å². The number of aromatic nitrogens is 2. The Balaban J connectivity index is 1.68. The van der Waals surface area contributed by atoms with Crippen molar-refractivity contribution >= 4 is 11.8 Å². The Morgan fingerprint density at radius 2 is 2.12 bits per heavy atom. The SMILES string of the molecule is COCCN1CCc2nc(SCc3ccc(C)cc3)[nH]c(=O)c2C1. The molecule has 2 aromatic rings. The highest BCUT2D eigenvalue weighted by molar-refractivity contribution is 7.98. The van der Waals surface area contributed by atoms with Gasteiger partial charge in [-0.25, -0.2) is 4.98 Å². The van der Waals surface area contributed by atoms with Crippen molar-refractivity contribution in [2.45, 2.75) is 30.8 Å². The first-order chi connectivity index (χ1) is 11.7. The standard InChI is InChI=1S/C18H23N3O2S/c1-13-3-5-14(6-4-13)12-24-18-19-16-7-8-21(9-10-23-2)11-15(16)17(22)20-18/h3-6H,7-12H2,1-2H3,(H,19,20,22). The highest BCUT2D eigenvalue weighted by atomic mass is 32.2. The number of fused-ring (bicyclic) bond motifs is 1. The van der Waals surface area contributed by atoms with E-state index >= 15 is 0 Å². The first-order valence-electron chi connectivity index (χ1n) is 8.17. The molecule has 2 heterocycles. The summed E-state index contributed by atoms with van der Waals surface area (Å²) >= 11 is 1.58. The number of hydrogen-bond acceptors (Lipinski definition) is 5. The Morgan fingerprint density at radius 3 is 2.88 bits per heavy atom. The molecule has 0 saturated heterocycles. The molecule has 6 heteroatoms. The molecule has 0 amide bonds.